The molecule has 2 amide bonds. The molecule has 0 saturated carbocycles. The summed E-state index contributed by atoms with van der Waals surface area (Å²) in [7, 11) is 0. The van der Waals surface area contributed by atoms with Gasteiger partial charge in [-0.15, -0.1) is 0 Å². The van der Waals surface area contributed by atoms with Gasteiger partial charge in [0.25, 0.3) is 5.91 Å². The van der Waals surface area contributed by atoms with Crippen molar-refractivity contribution in [1.82, 2.24) is 5.32 Å². The molecular formula is C21H23N3O2. The van der Waals surface area contributed by atoms with Crippen molar-refractivity contribution >= 4 is 23.2 Å². The fourth-order valence-corrected chi connectivity index (χ4v) is 3.10. The molecule has 0 radical (unpaired) electrons. The van der Waals surface area contributed by atoms with E-state index in [0.29, 0.717) is 0 Å². The first-order valence-corrected chi connectivity index (χ1v) is 8.55. The van der Waals surface area contributed by atoms with E-state index in [2.05, 4.69) is 5.32 Å². The highest BCUT2D eigenvalue weighted by atomic mass is 16.2. The minimum atomic E-state index is -1.22. The number of hydrogen-bond acceptors (Lipinski definition) is 3. The fraction of sp³-hybridized carbons (Fsp3) is 0.238. The molecule has 0 aliphatic carbocycles. The van der Waals surface area contributed by atoms with E-state index < -0.39 is 5.66 Å². The third-order valence-electron chi connectivity index (χ3n) is 4.53. The highest BCUT2D eigenvalue weighted by Gasteiger charge is 2.45. The molecular weight excluding hydrogens is 326 g/mol. The van der Waals surface area contributed by atoms with Gasteiger partial charge in [0.2, 0.25) is 5.91 Å². The van der Waals surface area contributed by atoms with Crippen LogP contribution in [0.4, 0.5) is 11.4 Å². The predicted molar refractivity (Wildman–Crippen MR) is 104 cm³/mol. The second kappa shape index (κ2) is 6.67. The lowest BCUT2D eigenvalue weighted by Gasteiger charge is -2.45. The van der Waals surface area contributed by atoms with Crippen molar-refractivity contribution in [2.45, 2.75) is 33.4 Å². The zero-order valence-electron chi connectivity index (χ0n) is 15.5. The van der Waals surface area contributed by atoms with Gasteiger partial charge in [0.05, 0.1) is 0 Å². The van der Waals surface area contributed by atoms with Gasteiger partial charge in [-0.05, 0) is 45.0 Å². The van der Waals surface area contributed by atoms with Gasteiger partial charge in [-0.1, -0.05) is 35.4 Å². The molecule has 0 aromatic heterocycles. The number of carbonyl (C=O) groups is 2. The summed E-state index contributed by atoms with van der Waals surface area (Å²) in [5.74, 6) is -0.489. The van der Waals surface area contributed by atoms with Gasteiger partial charge in [-0.3, -0.25) is 14.5 Å². The molecule has 5 heteroatoms. The number of amides is 2. The van der Waals surface area contributed by atoms with Gasteiger partial charge in [0, 0.05) is 30.7 Å². The molecule has 1 aliphatic rings. The van der Waals surface area contributed by atoms with Crippen molar-refractivity contribution in [3.8, 4) is 0 Å². The van der Waals surface area contributed by atoms with Crippen LogP contribution in [0.25, 0.3) is 0 Å². The second-order valence-electron chi connectivity index (χ2n) is 6.77. The van der Waals surface area contributed by atoms with Gasteiger partial charge in [0.15, 0.2) is 5.66 Å². The SMILES string of the molecule is CC(=O)NC1(C)C(=O)N(c2ccc(C)cc2)C=CN1c1ccc(C)cc1. The van der Waals surface area contributed by atoms with Crippen LogP contribution >= 0.6 is 0 Å². The topological polar surface area (TPSA) is 52.7 Å². The Labute approximate surface area is 153 Å². The van der Waals surface area contributed by atoms with E-state index in [9.17, 15) is 9.59 Å². The molecule has 26 heavy (non-hydrogen) atoms. The van der Waals surface area contributed by atoms with Crippen LogP contribution < -0.4 is 15.1 Å². The molecule has 0 spiro atoms. The van der Waals surface area contributed by atoms with E-state index in [4.69, 9.17) is 0 Å². The highest BCUT2D eigenvalue weighted by molar-refractivity contribution is 6.06. The summed E-state index contributed by atoms with van der Waals surface area (Å²) in [5, 5.41) is 2.83. The Hall–Kier alpha value is -3.08. The maximum absolute atomic E-state index is 13.3. The van der Waals surface area contributed by atoms with Gasteiger partial charge >= 0.3 is 0 Å². The van der Waals surface area contributed by atoms with Crippen LogP contribution in [0.5, 0.6) is 0 Å². The summed E-state index contributed by atoms with van der Waals surface area (Å²) in [6, 6.07) is 15.5. The highest BCUT2D eigenvalue weighted by Crippen LogP contribution is 2.31. The van der Waals surface area contributed by atoms with Crippen LogP contribution in [0, 0.1) is 13.8 Å². The third kappa shape index (κ3) is 3.20. The molecule has 1 atom stereocenters. The van der Waals surface area contributed by atoms with Crippen molar-refractivity contribution in [3.63, 3.8) is 0 Å². The molecule has 5 nitrogen and oxygen atoms in total. The van der Waals surface area contributed by atoms with Gasteiger partial charge in [-0.25, -0.2) is 0 Å². The maximum Gasteiger partial charge on any atom is 0.277 e. The normalized spacial score (nSPS) is 19.6. The Kier molecular flexibility index (Phi) is 4.55. The van der Waals surface area contributed by atoms with Crippen LogP contribution in [0.15, 0.2) is 60.9 Å². The van der Waals surface area contributed by atoms with E-state index in [-0.39, 0.29) is 11.8 Å². The Morgan fingerprint density at radius 3 is 1.88 bits per heavy atom. The summed E-state index contributed by atoms with van der Waals surface area (Å²) in [6.45, 7) is 7.15. The molecule has 1 aliphatic heterocycles. The summed E-state index contributed by atoms with van der Waals surface area (Å²) >= 11 is 0. The summed E-state index contributed by atoms with van der Waals surface area (Å²) < 4.78 is 0. The number of nitrogens with one attached hydrogen (secondary N) is 1. The second-order valence-corrected chi connectivity index (χ2v) is 6.77. The first kappa shape index (κ1) is 17.7. The fourth-order valence-electron chi connectivity index (χ4n) is 3.10. The molecule has 1 N–H and O–H groups in total. The Morgan fingerprint density at radius 1 is 0.885 bits per heavy atom. The van der Waals surface area contributed by atoms with Crippen LogP contribution in [0.3, 0.4) is 0 Å². The van der Waals surface area contributed by atoms with E-state index in [1.54, 1.807) is 22.9 Å². The van der Waals surface area contributed by atoms with Gasteiger partial charge < -0.3 is 10.2 Å². The van der Waals surface area contributed by atoms with Gasteiger partial charge in [0.1, 0.15) is 0 Å². The van der Waals surface area contributed by atoms with Crippen LogP contribution in [-0.4, -0.2) is 17.5 Å². The molecule has 134 valence electrons. The molecule has 1 unspecified atom stereocenters. The largest absolute Gasteiger partial charge is 0.326 e. The smallest absolute Gasteiger partial charge is 0.277 e. The van der Waals surface area contributed by atoms with E-state index in [0.717, 1.165) is 22.5 Å². The van der Waals surface area contributed by atoms with Crippen molar-refractivity contribution in [3.05, 3.63) is 72.1 Å². The molecule has 0 fully saturated rings. The van der Waals surface area contributed by atoms with Crippen molar-refractivity contribution in [2.24, 2.45) is 0 Å². The first-order chi connectivity index (χ1) is 12.3. The van der Waals surface area contributed by atoms with Crippen molar-refractivity contribution in [1.29, 1.82) is 0 Å². The lowest BCUT2D eigenvalue weighted by atomic mass is 10.0. The van der Waals surface area contributed by atoms with Crippen LogP contribution in [0.2, 0.25) is 0 Å². The number of rotatable bonds is 3. The lowest BCUT2D eigenvalue weighted by molar-refractivity contribution is -0.130. The molecule has 0 saturated heterocycles. The summed E-state index contributed by atoms with van der Waals surface area (Å²) in [6.07, 6.45) is 3.55. The number of benzene rings is 2. The zero-order valence-corrected chi connectivity index (χ0v) is 15.5. The molecule has 2 aromatic carbocycles. The Morgan fingerprint density at radius 2 is 1.38 bits per heavy atom. The third-order valence-corrected chi connectivity index (χ3v) is 4.53. The Balaban J connectivity index is 2.06. The molecule has 1 heterocycles. The first-order valence-electron chi connectivity index (χ1n) is 8.55. The minimum absolute atomic E-state index is 0.223. The number of nitrogens with zero attached hydrogens (tertiary/aromatic N) is 2. The molecule has 0 bridgehead atoms. The van der Waals surface area contributed by atoms with E-state index >= 15 is 0 Å². The Bertz CT molecular complexity index is 856. The van der Waals surface area contributed by atoms with E-state index in [1.165, 1.54) is 6.92 Å². The minimum Gasteiger partial charge on any atom is -0.326 e. The average Bonchev–Trinajstić information content (AvgIpc) is 2.59. The number of aryl methyl sites for hydroxylation is 2. The van der Waals surface area contributed by atoms with Crippen LogP contribution in [-0.2, 0) is 9.59 Å². The molecule has 3 rings (SSSR count). The zero-order chi connectivity index (χ0) is 18.9. The molecule has 2 aromatic rings. The summed E-state index contributed by atoms with van der Waals surface area (Å²) in [5.41, 5.74) is 2.62. The number of anilines is 2. The predicted octanol–water partition coefficient (Wildman–Crippen LogP) is 3.48. The van der Waals surface area contributed by atoms with E-state index in [1.807, 2.05) is 68.6 Å². The average molecular weight is 349 g/mol. The number of hydrogen-bond donors (Lipinski definition) is 1. The van der Waals surface area contributed by atoms with Gasteiger partial charge in [-0.2, -0.15) is 0 Å². The van der Waals surface area contributed by atoms with Crippen molar-refractivity contribution < 1.29 is 9.59 Å². The monoisotopic (exact) mass is 349 g/mol. The number of carbonyl (C=O) groups excluding carboxylic acids is 2. The van der Waals surface area contributed by atoms with Crippen molar-refractivity contribution in [2.75, 3.05) is 9.80 Å². The summed E-state index contributed by atoms with van der Waals surface area (Å²) in [4.78, 5) is 28.5. The lowest BCUT2D eigenvalue weighted by Crippen LogP contribution is -2.67. The quantitative estimate of drug-likeness (QED) is 0.923. The maximum atomic E-state index is 13.3. The standard InChI is InChI=1S/C21H23N3O2/c1-15-5-9-18(10-6-15)23-13-14-24(19-11-7-16(2)8-12-19)21(4,20(23)26)22-17(3)25/h5-14H,1-4H3,(H,22,25). The van der Waals surface area contributed by atoms with Crippen LogP contribution in [0.1, 0.15) is 25.0 Å².